The molecule has 1 N–H and O–H groups in total. The number of piperidine rings is 1. The number of rotatable bonds is 3. The zero-order valence-electron chi connectivity index (χ0n) is 11.8. The molecule has 1 unspecified atom stereocenters. The summed E-state index contributed by atoms with van der Waals surface area (Å²) < 4.78 is 37.3. The number of aromatic nitrogens is 1. The topological polar surface area (TPSA) is 62.3 Å². The monoisotopic (exact) mass is 315 g/mol. The van der Waals surface area contributed by atoms with Gasteiger partial charge in [-0.1, -0.05) is 0 Å². The Balaban J connectivity index is 1.89. The second-order valence-electron chi connectivity index (χ2n) is 5.16. The molecule has 0 aromatic carbocycles. The lowest BCUT2D eigenvalue weighted by molar-refractivity contribution is -0.187. The molecule has 0 bridgehead atoms. The minimum Gasteiger partial charge on any atom is -0.352 e. The summed E-state index contributed by atoms with van der Waals surface area (Å²) in [5, 5.41) is 2.68. The van der Waals surface area contributed by atoms with Gasteiger partial charge in [-0.3, -0.25) is 14.6 Å². The van der Waals surface area contributed by atoms with Gasteiger partial charge in [-0.05, 0) is 30.5 Å². The molecule has 1 aliphatic rings. The molecule has 1 aromatic rings. The Morgan fingerprint density at radius 3 is 2.64 bits per heavy atom. The Labute approximate surface area is 125 Å². The number of nitrogens with zero attached hydrogens (tertiary/aromatic N) is 2. The van der Waals surface area contributed by atoms with Gasteiger partial charge >= 0.3 is 12.1 Å². The average Bonchev–Trinajstić information content (AvgIpc) is 2.52. The van der Waals surface area contributed by atoms with Gasteiger partial charge in [0.25, 0.3) is 0 Å². The molecule has 0 radical (unpaired) electrons. The number of amides is 2. The number of likely N-dealkylation sites (tertiary alicyclic amines) is 1. The van der Waals surface area contributed by atoms with E-state index in [1.54, 1.807) is 24.5 Å². The van der Waals surface area contributed by atoms with E-state index in [0.717, 1.165) is 5.56 Å². The van der Waals surface area contributed by atoms with Gasteiger partial charge in [0.05, 0.1) is 5.92 Å². The first-order chi connectivity index (χ1) is 10.4. The van der Waals surface area contributed by atoms with Gasteiger partial charge in [0.2, 0.25) is 5.91 Å². The number of hydrogen-bond donors (Lipinski definition) is 1. The van der Waals surface area contributed by atoms with Crippen LogP contribution in [0.1, 0.15) is 18.4 Å². The van der Waals surface area contributed by atoms with Gasteiger partial charge in [0.1, 0.15) is 0 Å². The average molecular weight is 315 g/mol. The van der Waals surface area contributed by atoms with Crippen LogP contribution in [0.2, 0.25) is 0 Å². The second kappa shape index (κ2) is 6.76. The number of carbonyl (C=O) groups excluding carboxylic acids is 2. The Bertz CT molecular complexity index is 534. The van der Waals surface area contributed by atoms with E-state index in [2.05, 4.69) is 10.3 Å². The predicted molar refractivity (Wildman–Crippen MR) is 71.4 cm³/mol. The van der Waals surface area contributed by atoms with Crippen molar-refractivity contribution in [1.29, 1.82) is 0 Å². The molecular weight excluding hydrogens is 299 g/mol. The van der Waals surface area contributed by atoms with Gasteiger partial charge < -0.3 is 10.2 Å². The zero-order chi connectivity index (χ0) is 16.2. The zero-order valence-corrected chi connectivity index (χ0v) is 11.8. The van der Waals surface area contributed by atoms with Gasteiger partial charge in [-0.2, -0.15) is 13.2 Å². The summed E-state index contributed by atoms with van der Waals surface area (Å²) in [6, 6.07) is 3.47. The molecule has 0 saturated carbocycles. The van der Waals surface area contributed by atoms with E-state index in [4.69, 9.17) is 0 Å². The fraction of sp³-hybridized carbons (Fsp3) is 0.500. The SMILES string of the molecule is O=C(NCc1ccncc1)C1CCCN(C(=O)C(F)(F)F)C1. The number of alkyl halides is 3. The highest BCUT2D eigenvalue weighted by molar-refractivity contribution is 5.84. The Kier molecular flexibility index (Phi) is 4.99. The third kappa shape index (κ3) is 4.19. The summed E-state index contributed by atoms with van der Waals surface area (Å²) in [4.78, 5) is 27.8. The van der Waals surface area contributed by atoms with Crippen LogP contribution in [0.25, 0.3) is 0 Å². The minimum atomic E-state index is -4.89. The van der Waals surface area contributed by atoms with Crippen LogP contribution in [0.15, 0.2) is 24.5 Å². The maximum Gasteiger partial charge on any atom is 0.471 e. The van der Waals surface area contributed by atoms with Crippen LogP contribution in [0.3, 0.4) is 0 Å². The smallest absolute Gasteiger partial charge is 0.352 e. The van der Waals surface area contributed by atoms with E-state index < -0.39 is 18.0 Å². The fourth-order valence-corrected chi connectivity index (χ4v) is 2.39. The lowest BCUT2D eigenvalue weighted by Gasteiger charge is -2.32. The van der Waals surface area contributed by atoms with Crippen LogP contribution in [0.4, 0.5) is 13.2 Å². The highest BCUT2D eigenvalue weighted by atomic mass is 19.4. The maximum absolute atomic E-state index is 12.4. The first-order valence-corrected chi connectivity index (χ1v) is 6.90. The minimum absolute atomic E-state index is 0.0342. The molecule has 2 amide bonds. The van der Waals surface area contributed by atoms with E-state index in [-0.39, 0.29) is 25.5 Å². The second-order valence-corrected chi connectivity index (χ2v) is 5.16. The van der Waals surface area contributed by atoms with E-state index in [1.807, 2.05) is 0 Å². The van der Waals surface area contributed by atoms with Crippen LogP contribution >= 0.6 is 0 Å². The van der Waals surface area contributed by atoms with Crippen molar-refractivity contribution in [3.8, 4) is 0 Å². The largest absolute Gasteiger partial charge is 0.471 e. The molecule has 5 nitrogen and oxygen atoms in total. The summed E-state index contributed by atoms with van der Waals surface area (Å²) in [6.07, 6.45) is -0.855. The van der Waals surface area contributed by atoms with Crippen molar-refractivity contribution >= 4 is 11.8 Å². The highest BCUT2D eigenvalue weighted by Gasteiger charge is 2.44. The Morgan fingerprint density at radius 1 is 1.32 bits per heavy atom. The quantitative estimate of drug-likeness (QED) is 0.919. The van der Waals surface area contributed by atoms with Gasteiger partial charge in [0.15, 0.2) is 0 Å². The van der Waals surface area contributed by atoms with Crippen LogP contribution in [-0.4, -0.2) is 41.0 Å². The Hall–Kier alpha value is -2.12. The van der Waals surface area contributed by atoms with E-state index in [9.17, 15) is 22.8 Å². The third-order valence-electron chi connectivity index (χ3n) is 3.54. The molecule has 1 aromatic heterocycles. The van der Waals surface area contributed by atoms with Crippen molar-refractivity contribution in [1.82, 2.24) is 15.2 Å². The predicted octanol–water partition coefficient (Wildman–Crippen LogP) is 1.50. The molecular formula is C14H16F3N3O2. The molecule has 8 heteroatoms. The van der Waals surface area contributed by atoms with Gasteiger partial charge in [0, 0.05) is 32.0 Å². The maximum atomic E-state index is 12.4. The molecule has 1 atom stereocenters. The molecule has 1 fully saturated rings. The molecule has 22 heavy (non-hydrogen) atoms. The molecule has 0 spiro atoms. The van der Waals surface area contributed by atoms with Crippen LogP contribution in [0, 0.1) is 5.92 Å². The molecule has 1 aliphatic heterocycles. The summed E-state index contributed by atoms with van der Waals surface area (Å²) in [5.41, 5.74) is 0.849. The normalized spacial score (nSPS) is 18.9. The summed E-state index contributed by atoms with van der Waals surface area (Å²) in [7, 11) is 0. The van der Waals surface area contributed by atoms with Gasteiger partial charge in [-0.25, -0.2) is 0 Å². The molecule has 2 heterocycles. The van der Waals surface area contributed by atoms with Crippen LogP contribution in [-0.2, 0) is 16.1 Å². The van der Waals surface area contributed by atoms with Crippen molar-refractivity contribution in [2.45, 2.75) is 25.6 Å². The molecule has 0 aliphatic carbocycles. The lowest BCUT2D eigenvalue weighted by Crippen LogP contribution is -2.49. The van der Waals surface area contributed by atoms with Crippen molar-refractivity contribution in [3.05, 3.63) is 30.1 Å². The number of halogens is 3. The first kappa shape index (κ1) is 16.3. The first-order valence-electron chi connectivity index (χ1n) is 6.90. The Morgan fingerprint density at radius 2 is 2.00 bits per heavy atom. The highest BCUT2D eigenvalue weighted by Crippen LogP contribution is 2.23. The molecule has 1 saturated heterocycles. The number of nitrogens with one attached hydrogen (secondary N) is 1. The van der Waals surface area contributed by atoms with E-state index in [1.165, 1.54) is 0 Å². The fourth-order valence-electron chi connectivity index (χ4n) is 2.39. The van der Waals surface area contributed by atoms with E-state index in [0.29, 0.717) is 17.7 Å². The third-order valence-corrected chi connectivity index (χ3v) is 3.54. The van der Waals surface area contributed by atoms with Crippen molar-refractivity contribution < 1.29 is 22.8 Å². The van der Waals surface area contributed by atoms with Crippen LogP contribution < -0.4 is 5.32 Å². The van der Waals surface area contributed by atoms with Crippen molar-refractivity contribution in [2.24, 2.45) is 5.92 Å². The van der Waals surface area contributed by atoms with Crippen molar-refractivity contribution in [3.63, 3.8) is 0 Å². The number of hydrogen-bond acceptors (Lipinski definition) is 3. The molecule has 2 rings (SSSR count). The van der Waals surface area contributed by atoms with E-state index >= 15 is 0 Å². The summed E-state index contributed by atoms with van der Waals surface area (Å²) in [5.74, 6) is -2.82. The van der Waals surface area contributed by atoms with Gasteiger partial charge in [-0.15, -0.1) is 0 Å². The van der Waals surface area contributed by atoms with Crippen LogP contribution in [0.5, 0.6) is 0 Å². The lowest BCUT2D eigenvalue weighted by atomic mass is 9.97. The molecule has 120 valence electrons. The van der Waals surface area contributed by atoms with Crippen molar-refractivity contribution in [2.75, 3.05) is 13.1 Å². The standard InChI is InChI=1S/C14H16F3N3O2/c15-14(16,17)13(22)20-7-1-2-11(9-20)12(21)19-8-10-3-5-18-6-4-10/h3-6,11H,1-2,7-9H2,(H,19,21). The summed E-state index contributed by atoms with van der Waals surface area (Å²) >= 11 is 0. The summed E-state index contributed by atoms with van der Waals surface area (Å²) in [6.45, 7) is 0.123. The number of pyridine rings is 1. The number of carbonyl (C=O) groups is 2.